The minimum Gasteiger partial charge on any atom is -0.494 e. The van der Waals surface area contributed by atoms with Gasteiger partial charge >= 0.3 is 0 Å². The van der Waals surface area contributed by atoms with Crippen molar-refractivity contribution in [2.45, 2.75) is 20.8 Å². The summed E-state index contributed by atoms with van der Waals surface area (Å²) in [6.07, 6.45) is 1.56. The SMILES string of the molecule is CCOc1ccc(-n2c(C)cc(/C=C(/C#N)C(=O)Nc3ccc(F)cc3)c2C)cc1. The van der Waals surface area contributed by atoms with Crippen LogP contribution in [0.15, 0.2) is 60.2 Å². The van der Waals surface area contributed by atoms with Gasteiger partial charge in [0.15, 0.2) is 0 Å². The minimum atomic E-state index is -0.546. The van der Waals surface area contributed by atoms with Gasteiger partial charge in [-0.05, 0) is 87.0 Å². The first-order chi connectivity index (χ1) is 14.4. The Morgan fingerprint density at radius 1 is 1.17 bits per heavy atom. The molecule has 1 amide bonds. The van der Waals surface area contributed by atoms with Crippen molar-refractivity contribution in [1.29, 1.82) is 5.26 Å². The third-order valence-electron chi connectivity index (χ3n) is 4.64. The second-order valence-corrected chi connectivity index (χ2v) is 6.72. The van der Waals surface area contributed by atoms with Gasteiger partial charge in [0, 0.05) is 22.8 Å². The van der Waals surface area contributed by atoms with E-state index < -0.39 is 11.7 Å². The van der Waals surface area contributed by atoms with Crippen molar-refractivity contribution in [3.8, 4) is 17.5 Å². The molecule has 0 aliphatic carbocycles. The highest BCUT2D eigenvalue weighted by Crippen LogP contribution is 2.24. The van der Waals surface area contributed by atoms with Crippen LogP contribution in [0.2, 0.25) is 0 Å². The Bertz CT molecular complexity index is 1120. The normalized spacial score (nSPS) is 11.1. The molecule has 1 aromatic heterocycles. The smallest absolute Gasteiger partial charge is 0.266 e. The van der Waals surface area contributed by atoms with Gasteiger partial charge in [-0.2, -0.15) is 5.26 Å². The topological polar surface area (TPSA) is 67.0 Å². The first-order valence-corrected chi connectivity index (χ1v) is 9.53. The van der Waals surface area contributed by atoms with Crippen LogP contribution in [-0.4, -0.2) is 17.1 Å². The lowest BCUT2D eigenvalue weighted by Crippen LogP contribution is -2.13. The maximum absolute atomic E-state index is 13.0. The van der Waals surface area contributed by atoms with Crippen LogP contribution in [0.1, 0.15) is 23.9 Å². The fourth-order valence-corrected chi connectivity index (χ4v) is 3.22. The molecule has 0 aliphatic rings. The molecule has 6 heteroatoms. The van der Waals surface area contributed by atoms with E-state index in [-0.39, 0.29) is 5.57 Å². The molecule has 0 saturated heterocycles. The summed E-state index contributed by atoms with van der Waals surface area (Å²) in [7, 11) is 0. The summed E-state index contributed by atoms with van der Waals surface area (Å²) >= 11 is 0. The van der Waals surface area contributed by atoms with Gasteiger partial charge in [0.1, 0.15) is 23.2 Å². The van der Waals surface area contributed by atoms with Gasteiger partial charge in [-0.1, -0.05) is 0 Å². The molecule has 0 aliphatic heterocycles. The van der Waals surface area contributed by atoms with Crippen LogP contribution >= 0.6 is 0 Å². The average Bonchev–Trinajstić information content (AvgIpc) is 3.01. The Labute approximate surface area is 175 Å². The Kier molecular flexibility index (Phi) is 6.33. The molecule has 0 bridgehead atoms. The summed E-state index contributed by atoms with van der Waals surface area (Å²) in [4.78, 5) is 12.5. The molecular formula is C24H22FN3O2. The van der Waals surface area contributed by atoms with Gasteiger partial charge in [-0.3, -0.25) is 4.79 Å². The number of hydrogen-bond acceptors (Lipinski definition) is 3. The van der Waals surface area contributed by atoms with E-state index in [1.54, 1.807) is 6.08 Å². The number of halogens is 1. The fraction of sp³-hybridized carbons (Fsp3) is 0.167. The summed E-state index contributed by atoms with van der Waals surface area (Å²) in [5, 5.41) is 12.1. The second-order valence-electron chi connectivity index (χ2n) is 6.72. The van der Waals surface area contributed by atoms with Gasteiger partial charge in [0.05, 0.1) is 6.61 Å². The van der Waals surface area contributed by atoms with Crippen LogP contribution in [0.25, 0.3) is 11.8 Å². The maximum atomic E-state index is 13.0. The first kappa shape index (κ1) is 20.9. The molecular weight excluding hydrogens is 381 g/mol. The van der Waals surface area contributed by atoms with Crippen molar-refractivity contribution < 1.29 is 13.9 Å². The van der Waals surface area contributed by atoms with E-state index in [0.29, 0.717) is 12.3 Å². The number of hydrogen-bond donors (Lipinski definition) is 1. The lowest BCUT2D eigenvalue weighted by Gasteiger charge is -2.11. The number of anilines is 1. The number of nitriles is 1. The van der Waals surface area contributed by atoms with Crippen molar-refractivity contribution in [3.05, 3.63) is 82.9 Å². The van der Waals surface area contributed by atoms with E-state index in [0.717, 1.165) is 28.4 Å². The fourth-order valence-electron chi connectivity index (χ4n) is 3.22. The zero-order chi connectivity index (χ0) is 21.7. The zero-order valence-electron chi connectivity index (χ0n) is 17.1. The second kappa shape index (κ2) is 9.10. The maximum Gasteiger partial charge on any atom is 0.266 e. The number of carbonyl (C=O) groups excluding carboxylic acids is 1. The molecule has 2 aromatic carbocycles. The van der Waals surface area contributed by atoms with E-state index >= 15 is 0 Å². The minimum absolute atomic E-state index is 0.0359. The molecule has 30 heavy (non-hydrogen) atoms. The van der Waals surface area contributed by atoms with Crippen molar-refractivity contribution in [2.24, 2.45) is 0 Å². The summed E-state index contributed by atoms with van der Waals surface area (Å²) in [5.41, 5.74) is 3.99. The van der Waals surface area contributed by atoms with Crippen LogP contribution in [0.4, 0.5) is 10.1 Å². The van der Waals surface area contributed by atoms with Crippen molar-refractivity contribution in [3.63, 3.8) is 0 Å². The van der Waals surface area contributed by atoms with Crippen molar-refractivity contribution >= 4 is 17.7 Å². The molecule has 3 aromatic rings. The predicted octanol–water partition coefficient (Wildman–Crippen LogP) is 5.18. The number of carbonyl (C=O) groups is 1. The Balaban J connectivity index is 1.88. The average molecular weight is 403 g/mol. The highest BCUT2D eigenvalue weighted by Gasteiger charge is 2.14. The molecule has 0 unspecified atom stereocenters. The highest BCUT2D eigenvalue weighted by molar-refractivity contribution is 6.09. The largest absolute Gasteiger partial charge is 0.494 e. The molecule has 1 N–H and O–H groups in total. The summed E-state index contributed by atoms with van der Waals surface area (Å²) in [6.45, 7) is 6.44. The van der Waals surface area contributed by atoms with E-state index in [9.17, 15) is 14.4 Å². The van der Waals surface area contributed by atoms with Crippen LogP contribution < -0.4 is 10.1 Å². The number of rotatable bonds is 6. The number of ether oxygens (including phenoxy) is 1. The van der Waals surface area contributed by atoms with Gasteiger partial charge in [-0.15, -0.1) is 0 Å². The molecule has 3 rings (SSSR count). The van der Waals surface area contributed by atoms with Gasteiger partial charge < -0.3 is 14.6 Å². The zero-order valence-corrected chi connectivity index (χ0v) is 17.1. The van der Waals surface area contributed by atoms with E-state index in [1.165, 1.54) is 24.3 Å². The Morgan fingerprint density at radius 3 is 2.43 bits per heavy atom. The van der Waals surface area contributed by atoms with Crippen LogP contribution in [0.3, 0.4) is 0 Å². The monoisotopic (exact) mass is 403 g/mol. The quantitative estimate of drug-likeness (QED) is 0.456. The van der Waals surface area contributed by atoms with E-state index in [2.05, 4.69) is 9.88 Å². The van der Waals surface area contributed by atoms with Gasteiger partial charge in [0.2, 0.25) is 0 Å². The Morgan fingerprint density at radius 2 is 1.83 bits per heavy atom. The summed E-state index contributed by atoms with van der Waals surface area (Å²) in [6, 6.07) is 17.0. The summed E-state index contributed by atoms with van der Waals surface area (Å²) in [5.74, 6) is -0.145. The third kappa shape index (κ3) is 4.58. The number of aryl methyl sites for hydroxylation is 1. The molecule has 0 radical (unpaired) electrons. The lowest BCUT2D eigenvalue weighted by atomic mass is 10.1. The van der Waals surface area contributed by atoms with Crippen LogP contribution in [-0.2, 0) is 4.79 Å². The Hall–Kier alpha value is -3.85. The number of amides is 1. The van der Waals surface area contributed by atoms with Gasteiger partial charge in [0.25, 0.3) is 5.91 Å². The molecule has 152 valence electrons. The molecule has 5 nitrogen and oxygen atoms in total. The summed E-state index contributed by atoms with van der Waals surface area (Å²) < 4.78 is 20.6. The van der Waals surface area contributed by atoms with E-state index in [4.69, 9.17) is 4.74 Å². The molecule has 0 spiro atoms. The first-order valence-electron chi connectivity index (χ1n) is 9.53. The third-order valence-corrected chi connectivity index (χ3v) is 4.64. The van der Waals surface area contributed by atoms with Crippen LogP contribution in [0, 0.1) is 31.0 Å². The number of nitrogens with zero attached hydrogens (tertiary/aromatic N) is 2. The van der Waals surface area contributed by atoms with Crippen LogP contribution in [0.5, 0.6) is 5.75 Å². The van der Waals surface area contributed by atoms with E-state index in [1.807, 2.05) is 57.2 Å². The van der Waals surface area contributed by atoms with Gasteiger partial charge in [-0.25, -0.2) is 4.39 Å². The molecule has 0 saturated carbocycles. The molecule has 0 atom stereocenters. The lowest BCUT2D eigenvalue weighted by molar-refractivity contribution is -0.112. The molecule has 1 heterocycles. The predicted molar refractivity (Wildman–Crippen MR) is 115 cm³/mol. The number of aromatic nitrogens is 1. The molecule has 0 fully saturated rings. The standard InChI is InChI=1S/C24H22FN3O2/c1-4-30-23-11-9-22(10-12-23)28-16(2)13-18(17(28)3)14-19(15-26)24(29)27-21-7-5-20(25)6-8-21/h5-14H,4H2,1-3H3,(H,27,29)/b19-14-. The van der Waals surface area contributed by atoms with Crippen molar-refractivity contribution in [1.82, 2.24) is 4.57 Å². The number of nitrogens with one attached hydrogen (secondary N) is 1. The highest BCUT2D eigenvalue weighted by atomic mass is 19.1. The van der Waals surface area contributed by atoms with Crippen molar-refractivity contribution in [2.75, 3.05) is 11.9 Å². The number of benzene rings is 2.